The van der Waals surface area contributed by atoms with Crippen LogP contribution in [-0.4, -0.2) is 23.3 Å². The van der Waals surface area contributed by atoms with Crippen LogP contribution in [0.5, 0.6) is 5.88 Å². The number of aryl methyl sites for hydroxylation is 1. The van der Waals surface area contributed by atoms with E-state index in [4.69, 9.17) is 15.2 Å². The lowest BCUT2D eigenvalue weighted by Crippen LogP contribution is -2.35. The average molecular weight is 264 g/mol. The van der Waals surface area contributed by atoms with Crippen molar-refractivity contribution in [3.63, 3.8) is 0 Å². The molecule has 0 spiro atoms. The molecule has 2 heterocycles. The Morgan fingerprint density at radius 3 is 2.58 bits per heavy atom. The predicted octanol–water partition coefficient (Wildman–Crippen LogP) is 2.44. The van der Waals surface area contributed by atoms with Crippen molar-refractivity contribution in [3.05, 3.63) is 23.4 Å². The topological polar surface area (TPSA) is 57.4 Å². The fourth-order valence-corrected chi connectivity index (χ4v) is 2.59. The number of ether oxygens (including phenoxy) is 2. The molecule has 1 aliphatic heterocycles. The Balaban J connectivity index is 2.09. The van der Waals surface area contributed by atoms with Gasteiger partial charge in [-0.3, -0.25) is 0 Å². The standard InChI is InChI=1S/C15H24N2O2/c1-4-13-7-12(9-16)8-15(17-13)19-14-5-10(2)18-11(3)6-14/h7-8,10-11,14H,4-6,9,16H2,1-3H3. The average Bonchev–Trinajstić information content (AvgIpc) is 2.37. The number of aromatic nitrogens is 1. The summed E-state index contributed by atoms with van der Waals surface area (Å²) in [5.41, 5.74) is 7.83. The fraction of sp³-hybridized carbons (Fsp3) is 0.667. The van der Waals surface area contributed by atoms with Gasteiger partial charge in [0.15, 0.2) is 0 Å². The molecule has 106 valence electrons. The van der Waals surface area contributed by atoms with Crippen LogP contribution in [0.25, 0.3) is 0 Å². The van der Waals surface area contributed by atoms with Gasteiger partial charge in [-0.1, -0.05) is 6.92 Å². The lowest BCUT2D eigenvalue weighted by molar-refractivity contribution is -0.0730. The molecule has 0 aromatic carbocycles. The molecule has 0 radical (unpaired) electrons. The van der Waals surface area contributed by atoms with E-state index < -0.39 is 0 Å². The first-order chi connectivity index (χ1) is 9.10. The number of nitrogens with zero attached hydrogens (tertiary/aromatic N) is 1. The monoisotopic (exact) mass is 264 g/mol. The Morgan fingerprint density at radius 1 is 1.32 bits per heavy atom. The SMILES string of the molecule is CCc1cc(CN)cc(OC2CC(C)OC(C)C2)n1. The Kier molecular flexibility index (Phi) is 4.77. The van der Waals surface area contributed by atoms with Crippen molar-refractivity contribution in [2.75, 3.05) is 0 Å². The smallest absolute Gasteiger partial charge is 0.214 e. The molecule has 4 nitrogen and oxygen atoms in total. The Labute approximate surface area is 115 Å². The molecule has 0 bridgehead atoms. The molecule has 19 heavy (non-hydrogen) atoms. The predicted molar refractivity (Wildman–Crippen MR) is 75.2 cm³/mol. The molecule has 2 unspecified atom stereocenters. The second-order valence-corrected chi connectivity index (χ2v) is 5.33. The van der Waals surface area contributed by atoms with E-state index in [1.54, 1.807) is 0 Å². The van der Waals surface area contributed by atoms with Crippen LogP contribution in [0.15, 0.2) is 12.1 Å². The molecule has 1 saturated heterocycles. The van der Waals surface area contributed by atoms with Crippen LogP contribution in [0, 0.1) is 0 Å². The van der Waals surface area contributed by atoms with Gasteiger partial charge in [-0.15, -0.1) is 0 Å². The molecule has 1 aliphatic rings. The van der Waals surface area contributed by atoms with Crippen LogP contribution in [-0.2, 0) is 17.7 Å². The molecule has 2 N–H and O–H groups in total. The van der Waals surface area contributed by atoms with Gasteiger partial charge in [0.05, 0.1) is 12.2 Å². The minimum absolute atomic E-state index is 0.184. The Bertz CT molecular complexity index is 390. The van der Waals surface area contributed by atoms with Gasteiger partial charge in [0.2, 0.25) is 5.88 Å². The third-order valence-corrected chi connectivity index (χ3v) is 3.45. The van der Waals surface area contributed by atoms with Crippen LogP contribution < -0.4 is 10.5 Å². The van der Waals surface area contributed by atoms with Crippen LogP contribution in [0.4, 0.5) is 0 Å². The largest absolute Gasteiger partial charge is 0.474 e. The molecule has 2 atom stereocenters. The summed E-state index contributed by atoms with van der Waals surface area (Å²) in [6.07, 6.45) is 3.41. The highest BCUT2D eigenvalue weighted by Crippen LogP contribution is 2.24. The van der Waals surface area contributed by atoms with Gasteiger partial charge in [-0.25, -0.2) is 4.98 Å². The summed E-state index contributed by atoms with van der Waals surface area (Å²) in [6, 6.07) is 3.99. The van der Waals surface area contributed by atoms with Crippen LogP contribution >= 0.6 is 0 Å². The number of hydrogen-bond acceptors (Lipinski definition) is 4. The zero-order chi connectivity index (χ0) is 13.8. The fourth-order valence-electron chi connectivity index (χ4n) is 2.59. The Morgan fingerprint density at radius 2 is 2.00 bits per heavy atom. The summed E-state index contributed by atoms with van der Waals surface area (Å²) >= 11 is 0. The molecular weight excluding hydrogens is 240 g/mol. The number of pyridine rings is 1. The van der Waals surface area contributed by atoms with E-state index in [-0.39, 0.29) is 18.3 Å². The molecule has 0 saturated carbocycles. The van der Waals surface area contributed by atoms with E-state index in [0.29, 0.717) is 12.4 Å². The molecule has 1 aromatic rings. The zero-order valence-electron chi connectivity index (χ0n) is 12.1. The van der Waals surface area contributed by atoms with Gasteiger partial charge in [-0.2, -0.15) is 0 Å². The molecular formula is C15H24N2O2. The number of rotatable bonds is 4. The summed E-state index contributed by atoms with van der Waals surface area (Å²) in [6.45, 7) is 6.79. The highest BCUT2D eigenvalue weighted by molar-refractivity contribution is 5.25. The van der Waals surface area contributed by atoms with Gasteiger partial charge in [0.1, 0.15) is 6.10 Å². The molecule has 0 aliphatic carbocycles. The maximum Gasteiger partial charge on any atom is 0.214 e. The minimum Gasteiger partial charge on any atom is -0.474 e. The third-order valence-electron chi connectivity index (χ3n) is 3.45. The van der Waals surface area contributed by atoms with Crippen molar-refractivity contribution >= 4 is 0 Å². The van der Waals surface area contributed by atoms with Gasteiger partial charge in [-0.05, 0) is 31.9 Å². The van der Waals surface area contributed by atoms with Crippen molar-refractivity contribution in [2.24, 2.45) is 5.73 Å². The summed E-state index contributed by atoms with van der Waals surface area (Å²) in [7, 11) is 0. The normalized spacial score (nSPS) is 27.3. The van der Waals surface area contributed by atoms with Crippen LogP contribution in [0.3, 0.4) is 0 Å². The molecule has 4 heteroatoms. The van der Waals surface area contributed by atoms with E-state index in [2.05, 4.69) is 25.8 Å². The minimum atomic E-state index is 0.184. The second-order valence-electron chi connectivity index (χ2n) is 5.33. The molecule has 0 amide bonds. The van der Waals surface area contributed by atoms with Crippen molar-refractivity contribution in [1.82, 2.24) is 4.98 Å². The molecule has 2 rings (SSSR count). The van der Waals surface area contributed by atoms with E-state index in [1.807, 2.05) is 12.1 Å². The lowest BCUT2D eigenvalue weighted by Gasteiger charge is -2.32. The van der Waals surface area contributed by atoms with Gasteiger partial charge < -0.3 is 15.2 Å². The third kappa shape index (κ3) is 3.91. The highest BCUT2D eigenvalue weighted by atomic mass is 16.5. The Hall–Kier alpha value is -1.13. The van der Waals surface area contributed by atoms with Crippen LogP contribution in [0.1, 0.15) is 44.9 Å². The van der Waals surface area contributed by atoms with Crippen LogP contribution in [0.2, 0.25) is 0 Å². The zero-order valence-corrected chi connectivity index (χ0v) is 12.1. The molecule has 1 fully saturated rings. The van der Waals surface area contributed by atoms with E-state index in [9.17, 15) is 0 Å². The first kappa shape index (κ1) is 14.3. The van der Waals surface area contributed by atoms with Gasteiger partial charge in [0.25, 0.3) is 0 Å². The quantitative estimate of drug-likeness (QED) is 0.907. The number of nitrogens with two attached hydrogens (primary N) is 1. The van der Waals surface area contributed by atoms with Gasteiger partial charge in [0, 0.05) is 31.1 Å². The summed E-state index contributed by atoms with van der Waals surface area (Å²) in [5.74, 6) is 0.700. The number of hydrogen-bond donors (Lipinski definition) is 1. The molecule has 1 aromatic heterocycles. The van der Waals surface area contributed by atoms with Crippen molar-refractivity contribution in [1.29, 1.82) is 0 Å². The van der Waals surface area contributed by atoms with E-state index in [0.717, 1.165) is 30.5 Å². The summed E-state index contributed by atoms with van der Waals surface area (Å²) in [4.78, 5) is 4.53. The highest BCUT2D eigenvalue weighted by Gasteiger charge is 2.26. The first-order valence-electron chi connectivity index (χ1n) is 7.12. The van der Waals surface area contributed by atoms with E-state index in [1.165, 1.54) is 0 Å². The van der Waals surface area contributed by atoms with Gasteiger partial charge >= 0.3 is 0 Å². The van der Waals surface area contributed by atoms with E-state index >= 15 is 0 Å². The van der Waals surface area contributed by atoms with Crippen molar-refractivity contribution < 1.29 is 9.47 Å². The van der Waals surface area contributed by atoms with Crippen molar-refractivity contribution in [3.8, 4) is 5.88 Å². The lowest BCUT2D eigenvalue weighted by atomic mass is 10.0. The summed E-state index contributed by atoms with van der Waals surface area (Å²) in [5, 5.41) is 0. The first-order valence-corrected chi connectivity index (χ1v) is 7.12. The maximum atomic E-state index is 6.03. The maximum absolute atomic E-state index is 6.03. The second kappa shape index (κ2) is 6.35. The van der Waals surface area contributed by atoms with Crippen molar-refractivity contribution in [2.45, 2.75) is 64.9 Å². The summed E-state index contributed by atoms with van der Waals surface area (Å²) < 4.78 is 11.8.